The number of hydrogen-bond acceptors (Lipinski definition) is 11. The highest BCUT2D eigenvalue weighted by Crippen LogP contribution is 2.41. The van der Waals surface area contributed by atoms with E-state index in [1.165, 1.54) is 28.4 Å². The first-order valence-corrected chi connectivity index (χ1v) is 14.9. The number of carbonyl (C=O) groups excluding carboxylic acids is 2. The topological polar surface area (TPSA) is 184 Å². The van der Waals surface area contributed by atoms with Gasteiger partial charge in [-0.3, -0.25) is 4.79 Å². The summed E-state index contributed by atoms with van der Waals surface area (Å²) in [6, 6.07) is 7.46. The molecule has 1 aliphatic rings. The molecule has 4 N–H and O–H groups in total. The summed E-state index contributed by atoms with van der Waals surface area (Å²) in [6.07, 6.45) is -2.49. The van der Waals surface area contributed by atoms with E-state index in [9.17, 15) is 22.8 Å². The summed E-state index contributed by atoms with van der Waals surface area (Å²) in [5, 5.41) is 18.6. The summed E-state index contributed by atoms with van der Waals surface area (Å²) in [5.41, 5.74) is 6.92. The number of alkyl halides is 3. The minimum atomic E-state index is -5.08. The van der Waals surface area contributed by atoms with Crippen molar-refractivity contribution in [3.05, 3.63) is 30.3 Å². The molecule has 0 bridgehead atoms. The Morgan fingerprint density at radius 3 is 2.02 bits per heavy atom. The van der Waals surface area contributed by atoms with Crippen LogP contribution in [0.25, 0.3) is 0 Å². The molecule has 0 aliphatic carbocycles. The van der Waals surface area contributed by atoms with Crippen LogP contribution in [0.2, 0.25) is 0 Å². The van der Waals surface area contributed by atoms with E-state index in [1.807, 2.05) is 13.8 Å². The molecule has 1 heterocycles. The van der Waals surface area contributed by atoms with Gasteiger partial charge in [-0.1, -0.05) is 13.8 Å². The number of carboxylic acid groups (broad SMARTS) is 1. The van der Waals surface area contributed by atoms with Crippen molar-refractivity contribution < 1.29 is 56.3 Å². The molecule has 0 aromatic heterocycles. The van der Waals surface area contributed by atoms with Gasteiger partial charge in [-0.25, -0.2) is 9.59 Å². The number of amides is 2. The highest BCUT2D eigenvalue weighted by Gasteiger charge is 2.38. The van der Waals surface area contributed by atoms with Gasteiger partial charge in [0.15, 0.2) is 23.0 Å². The van der Waals surface area contributed by atoms with Gasteiger partial charge < -0.3 is 44.7 Å². The molecular weight excluding hydrogens is 643 g/mol. The van der Waals surface area contributed by atoms with Gasteiger partial charge in [-0.15, -0.1) is 0 Å². The smallest absolute Gasteiger partial charge is 0.490 e. The number of aliphatic carboxylic acids is 1. The van der Waals surface area contributed by atoms with Crippen LogP contribution in [0.3, 0.4) is 0 Å². The van der Waals surface area contributed by atoms with Crippen LogP contribution in [0.4, 0.5) is 29.3 Å². The van der Waals surface area contributed by atoms with Gasteiger partial charge in [0.05, 0.1) is 51.9 Å². The van der Waals surface area contributed by atoms with Crippen LogP contribution in [0.15, 0.2) is 40.6 Å². The van der Waals surface area contributed by atoms with E-state index in [0.717, 1.165) is 19.3 Å². The number of azo groups is 1. The maximum Gasteiger partial charge on any atom is 0.490 e. The van der Waals surface area contributed by atoms with Crippen molar-refractivity contribution in [3.8, 4) is 28.7 Å². The zero-order valence-corrected chi connectivity index (χ0v) is 27.6. The molecule has 2 amide bonds. The van der Waals surface area contributed by atoms with Crippen LogP contribution in [0.5, 0.6) is 28.7 Å². The number of ether oxygens (including phenoxy) is 5. The van der Waals surface area contributed by atoms with E-state index in [-0.39, 0.29) is 17.7 Å². The highest BCUT2D eigenvalue weighted by atomic mass is 19.4. The lowest BCUT2D eigenvalue weighted by atomic mass is 10.0. The molecule has 48 heavy (non-hydrogen) atoms. The zero-order valence-electron chi connectivity index (χ0n) is 27.6. The second-order valence-corrected chi connectivity index (χ2v) is 10.9. The fourth-order valence-electron chi connectivity index (χ4n) is 4.62. The second kappa shape index (κ2) is 18.5. The second-order valence-electron chi connectivity index (χ2n) is 10.9. The summed E-state index contributed by atoms with van der Waals surface area (Å²) < 4.78 is 59.0. The number of halogens is 3. The minimum Gasteiger partial charge on any atom is -0.493 e. The Balaban J connectivity index is 0.00000103. The summed E-state index contributed by atoms with van der Waals surface area (Å²) in [7, 11) is 6.05. The Morgan fingerprint density at radius 2 is 1.50 bits per heavy atom. The quantitative estimate of drug-likeness (QED) is 0.237. The van der Waals surface area contributed by atoms with Crippen molar-refractivity contribution >= 4 is 29.3 Å². The largest absolute Gasteiger partial charge is 0.493 e. The standard InChI is InChI=1S/C29H41N5O7.C2HF3O2/c1-18(2)13-22(30)28(35)31-17-21-9-7-8-12-34(21)29(36)41-24-14-19(10-11-23(24)37-3)32-33-20-15-25(38-4)27(40-6)26(16-20)39-5;3-2(4,5)1(6)7/h10-11,14-16,18,21-22H,7-9,12-13,17,30H2,1-6H3,(H,31,35);(H,6,7)/t21?,22-;/m0./s1. The van der Waals surface area contributed by atoms with Crippen LogP contribution in [0, 0.1) is 5.92 Å². The minimum absolute atomic E-state index is 0.200. The fourth-order valence-corrected chi connectivity index (χ4v) is 4.62. The van der Waals surface area contributed by atoms with Gasteiger partial charge in [0, 0.05) is 31.3 Å². The molecule has 2 aromatic carbocycles. The molecule has 1 aliphatic heterocycles. The molecule has 0 radical (unpaired) electrons. The van der Waals surface area contributed by atoms with Gasteiger partial charge in [-0.05, 0) is 43.7 Å². The third-order valence-electron chi connectivity index (χ3n) is 6.95. The van der Waals surface area contributed by atoms with Crippen LogP contribution < -0.4 is 34.7 Å². The molecule has 0 spiro atoms. The third kappa shape index (κ3) is 11.8. The number of benzene rings is 2. The SMILES string of the molecule is COc1ccc(N=Nc2cc(OC)c(OC)c(OC)c2)cc1OC(=O)N1CCCCC1CNC(=O)[C@@H](N)CC(C)C.O=C(O)C(F)(F)F. The van der Waals surface area contributed by atoms with Crippen molar-refractivity contribution in [3.63, 3.8) is 0 Å². The number of nitrogens with zero attached hydrogens (tertiary/aromatic N) is 3. The number of carbonyl (C=O) groups is 3. The molecular formula is C31H42F3N5O9. The zero-order chi connectivity index (χ0) is 36.0. The fraction of sp³-hybridized carbons (Fsp3) is 0.516. The van der Waals surface area contributed by atoms with Gasteiger partial charge in [0.1, 0.15) is 0 Å². The van der Waals surface area contributed by atoms with E-state index in [1.54, 1.807) is 35.2 Å². The van der Waals surface area contributed by atoms with E-state index in [0.29, 0.717) is 59.8 Å². The molecule has 1 unspecified atom stereocenters. The van der Waals surface area contributed by atoms with Crippen LogP contribution in [-0.2, 0) is 9.59 Å². The van der Waals surface area contributed by atoms with Gasteiger partial charge >= 0.3 is 18.2 Å². The molecule has 3 rings (SSSR count). The number of nitrogens with two attached hydrogens (primary N) is 1. The number of rotatable bonds is 12. The van der Waals surface area contributed by atoms with Crippen LogP contribution in [0.1, 0.15) is 39.5 Å². The lowest BCUT2D eigenvalue weighted by Gasteiger charge is -2.35. The Hall–Kier alpha value is -4.80. The van der Waals surface area contributed by atoms with Crippen LogP contribution >= 0.6 is 0 Å². The summed E-state index contributed by atoms with van der Waals surface area (Å²) in [5.74, 6) is -0.765. The summed E-state index contributed by atoms with van der Waals surface area (Å²) in [6.45, 7) is 4.86. The third-order valence-corrected chi connectivity index (χ3v) is 6.95. The molecule has 1 fully saturated rings. The normalized spacial score (nSPS) is 15.2. The first-order valence-electron chi connectivity index (χ1n) is 14.9. The molecule has 17 heteroatoms. The number of hydrogen-bond donors (Lipinski definition) is 3. The van der Waals surface area contributed by atoms with E-state index in [2.05, 4.69) is 15.5 Å². The maximum atomic E-state index is 13.3. The Morgan fingerprint density at radius 1 is 0.938 bits per heavy atom. The predicted molar refractivity (Wildman–Crippen MR) is 168 cm³/mol. The lowest BCUT2D eigenvalue weighted by molar-refractivity contribution is -0.192. The average molecular weight is 686 g/mol. The number of likely N-dealkylation sites (tertiary alicyclic amines) is 1. The monoisotopic (exact) mass is 685 g/mol. The maximum absolute atomic E-state index is 13.3. The molecule has 266 valence electrons. The van der Waals surface area contributed by atoms with Crippen molar-refractivity contribution in [2.45, 2.75) is 57.8 Å². The first kappa shape index (κ1) is 39.4. The van der Waals surface area contributed by atoms with Gasteiger partial charge in [0.25, 0.3) is 0 Å². The Labute approximate surface area is 276 Å². The molecule has 2 atom stereocenters. The number of piperidine rings is 1. The van der Waals surface area contributed by atoms with E-state index >= 15 is 0 Å². The Bertz CT molecular complexity index is 1400. The van der Waals surface area contributed by atoms with Gasteiger partial charge in [0.2, 0.25) is 11.7 Å². The Kier molecular flexibility index (Phi) is 15.2. The van der Waals surface area contributed by atoms with Crippen molar-refractivity contribution in [1.82, 2.24) is 10.2 Å². The molecule has 0 saturated carbocycles. The van der Waals surface area contributed by atoms with Crippen LogP contribution in [-0.4, -0.2) is 87.8 Å². The van der Waals surface area contributed by atoms with Gasteiger partial charge in [-0.2, -0.15) is 23.4 Å². The summed E-state index contributed by atoms with van der Waals surface area (Å²) >= 11 is 0. The van der Waals surface area contributed by atoms with Crippen molar-refractivity contribution in [1.29, 1.82) is 0 Å². The lowest BCUT2D eigenvalue weighted by Crippen LogP contribution is -2.52. The predicted octanol–water partition coefficient (Wildman–Crippen LogP) is 5.61. The number of carboxylic acids is 1. The summed E-state index contributed by atoms with van der Waals surface area (Å²) in [4.78, 5) is 36.3. The number of nitrogens with one attached hydrogen (secondary N) is 1. The average Bonchev–Trinajstić information content (AvgIpc) is 3.05. The first-order chi connectivity index (χ1) is 22.6. The van der Waals surface area contributed by atoms with Crippen molar-refractivity contribution in [2.24, 2.45) is 21.9 Å². The number of methoxy groups -OCH3 is 4. The van der Waals surface area contributed by atoms with E-state index in [4.69, 9.17) is 39.3 Å². The molecule has 1 saturated heterocycles. The molecule has 2 aromatic rings. The van der Waals surface area contributed by atoms with Crippen molar-refractivity contribution in [2.75, 3.05) is 41.5 Å². The highest BCUT2D eigenvalue weighted by molar-refractivity contribution is 5.81. The molecule has 14 nitrogen and oxygen atoms in total. The van der Waals surface area contributed by atoms with E-state index < -0.39 is 24.3 Å².